The summed E-state index contributed by atoms with van der Waals surface area (Å²) < 4.78 is 0.873. The molecule has 2 N–H and O–H groups in total. The van der Waals surface area contributed by atoms with Crippen LogP contribution < -0.4 is 10.6 Å². The van der Waals surface area contributed by atoms with Crippen molar-refractivity contribution in [1.29, 1.82) is 0 Å². The molecule has 0 radical (unpaired) electrons. The summed E-state index contributed by atoms with van der Waals surface area (Å²) in [6.45, 7) is 0.326. The average molecular weight is 450 g/mol. The summed E-state index contributed by atoms with van der Waals surface area (Å²) in [5, 5.41) is 5.73. The summed E-state index contributed by atoms with van der Waals surface area (Å²) in [4.78, 5) is 38.3. The van der Waals surface area contributed by atoms with Gasteiger partial charge in [0.15, 0.2) is 0 Å². The number of halogens is 1. The van der Waals surface area contributed by atoms with Crippen LogP contribution >= 0.6 is 27.3 Å². The van der Waals surface area contributed by atoms with E-state index in [1.54, 1.807) is 31.3 Å². The van der Waals surface area contributed by atoms with Gasteiger partial charge in [-0.2, -0.15) is 0 Å². The molecule has 6 nitrogen and oxygen atoms in total. The number of likely N-dealkylation sites (N-methyl/N-ethyl adjacent to an activating group) is 1. The van der Waals surface area contributed by atoms with Gasteiger partial charge in [-0.1, -0.05) is 12.1 Å². The van der Waals surface area contributed by atoms with Crippen molar-refractivity contribution in [2.45, 2.75) is 25.4 Å². The third kappa shape index (κ3) is 5.64. The highest BCUT2D eigenvalue weighted by Crippen LogP contribution is 2.23. The summed E-state index contributed by atoms with van der Waals surface area (Å²) in [5.41, 5.74) is 1.51. The van der Waals surface area contributed by atoms with Crippen LogP contribution in [0.1, 0.15) is 38.4 Å². The first-order chi connectivity index (χ1) is 12.9. The third-order valence-electron chi connectivity index (χ3n) is 4.13. The van der Waals surface area contributed by atoms with E-state index in [0.717, 1.165) is 22.2 Å². The molecule has 142 valence electrons. The molecule has 3 rings (SSSR count). The molecule has 1 fully saturated rings. The molecule has 0 atom stereocenters. The van der Waals surface area contributed by atoms with Crippen molar-refractivity contribution in [2.24, 2.45) is 0 Å². The monoisotopic (exact) mass is 449 g/mol. The molecule has 1 aromatic carbocycles. The lowest BCUT2D eigenvalue weighted by Crippen LogP contribution is -2.37. The second-order valence-electron chi connectivity index (χ2n) is 6.49. The maximum Gasteiger partial charge on any atom is 0.264 e. The number of rotatable bonds is 7. The molecule has 1 aromatic heterocycles. The van der Waals surface area contributed by atoms with Crippen molar-refractivity contribution in [3.63, 3.8) is 0 Å². The van der Waals surface area contributed by atoms with Gasteiger partial charge < -0.3 is 15.5 Å². The van der Waals surface area contributed by atoms with Gasteiger partial charge >= 0.3 is 0 Å². The highest BCUT2D eigenvalue weighted by molar-refractivity contribution is 9.11. The lowest BCUT2D eigenvalue weighted by atomic mass is 10.1. The molecule has 1 aliphatic rings. The van der Waals surface area contributed by atoms with E-state index in [0.29, 0.717) is 23.0 Å². The molecule has 0 spiro atoms. The predicted octanol–water partition coefficient (Wildman–Crippen LogP) is 2.79. The highest BCUT2D eigenvalue weighted by atomic mass is 79.9. The van der Waals surface area contributed by atoms with Gasteiger partial charge in [0, 0.05) is 25.2 Å². The van der Waals surface area contributed by atoms with Crippen molar-refractivity contribution in [3.05, 3.63) is 56.2 Å². The maximum absolute atomic E-state index is 12.2. The predicted molar refractivity (Wildman–Crippen MR) is 108 cm³/mol. The molecule has 1 heterocycles. The largest absolute Gasteiger partial charge is 0.350 e. The Hall–Kier alpha value is -2.19. The van der Waals surface area contributed by atoms with E-state index >= 15 is 0 Å². The average Bonchev–Trinajstić information content (AvgIpc) is 3.36. The maximum atomic E-state index is 12.2. The second kappa shape index (κ2) is 8.67. The Balaban J connectivity index is 1.45. The fraction of sp³-hybridized carbons (Fsp3) is 0.316. The fourth-order valence-electron chi connectivity index (χ4n) is 2.43. The first kappa shape index (κ1) is 19.6. The molecule has 3 amide bonds. The van der Waals surface area contributed by atoms with Gasteiger partial charge in [-0.25, -0.2) is 0 Å². The molecular weight excluding hydrogens is 430 g/mol. The molecule has 8 heteroatoms. The molecule has 2 aromatic rings. The summed E-state index contributed by atoms with van der Waals surface area (Å²) in [6, 6.07) is 11.0. The van der Waals surface area contributed by atoms with Gasteiger partial charge in [-0.3, -0.25) is 14.4 Å². The van der Waals surface area contributed by atoms with Crippen molar-refractivity contribution in [1.82, 2.24) is 15.5 Å². The number of carbonyl (C=O) groups is 3. The van der Waals surface area contributed by atoms with Crippen molar-refractivity contribution in [2.75, 3.05) is 13.6 Å². The molecule has 1 saturated carbocycles. The molecule has 0 unspecified atom stereocenters. The van der Waals surface area contributed by atoms with Crippen LogP contribution in [-0.4, -0.2) is 42.3 Å². The van der Waals surface area contributed by atoms with Gasteiger partial charge in [-0.15, -0.1) is 11.3 Å². The number of nitrogens with zero attached hydrogens (tertiary/aromatic N) is 1. The first-order valence-corrected chi connectivity index (χ1v) is 10.2. The van der Waals surface area contributed by atoms with Crippen LogP contribution in [0.4, 0.5) is 0 Å². The van der Waals surface area contributed by atoms with Gasteiger partial charge in [0.1, 0.15) is 0 Å². The van der Waals surface area contributed by atoms with Gasteiger partial charge in [0.05, 0.1) is 15.2 Å². The van der Waals surface area contributed by atoms with E-state index in [1.165, 1.54) is 16.2 Å². The lowest BCUT2D eigenvalue weighted by Gasteiger charge is -2.16. The number of hydrogen-bond acceptors (Lipinski definition) is 4. The Kier molecular flexibility index (Phi) is 6.28. The van der Waals surface area contributed by atoms with Crippen LogP contribution in [0.25, 0.3) is 0 Å². The second-order valence-corrected chi connectivity index (χ2v) is 8.95. The van der Waals surface area contributed by atoms with Gasteiger partial charge in [0.25, 0.3) is 11.8 Å². The van der Waals surface area contributed by atoms with E-state index < -0.39 is 0 Å². The zero-order chi connectivity index (χ0) is 19.4. The number of carbonyl (C=O) groups excluding carboxylic acids is 3. The zero-order valence-corrected chi connectivity index (χ0v) is 17.2. The van der Waals surface area contributed by atoms with E-state index in [9.17, 15) is 14.4 Å². The third-order valence-corrected chi connectivity index (χ3v) is 5.74. The Morgan fingerprint density at radius 2 is 1.85 bits per heavy atom. The van der Waals surface area contributed by atoms with Crippen molar-refractivity contribution >= 4 is 45.0 Å². The van der Waals surface area contributed by atoms with Crippen LogP contribution in [0.2, 0.25) is 0 Å². The Labute approximate surface area is 170 Å². The smallest absolute Gasteiger partial charge is 0.264 e. The molecule has 0 saturated heterocycles. The van der Waals surface area contributed by atoms with Crippen LogP contribution in [-0.2, 0) is 11.3 Å². The summed E-state index contributed by atoms with van der Waals surface area (Å²) in [7, 11) is 1.60. The highest BCUT2D eigenvalue weighted by Gasteiger charge is 2.23. The Morgan fingerprint density at radius 1 is 1.15 bits per heavy atom. The molecule has 1 aliphatic carbocycles. The quantitative estimate of drug-likeness (QED) is 0.681. The van der Waals surface area contributed by atoms with Crippen molar-refractivity contribution < 1.29 is 14.4 Å². The van der Waals surface area contributed by atoms with Crippen LogP contribution in [0, 0.1) is 0 Å². The Morgan fingerprint density at radius 3 is 2.44 bits per heavy atom. The van der Waals surface area contributed by atoms with Gasteiger partial charge in [-0.05, 0) is 58.6 Å². The number of hydrogen-bond donors (Lipinski definition) is 2. The minimum Gasteiger partial charge on any atom is -0.350 e. The molecule has 0 aliphatic heterocycles. The van der Waals surface area contributed by atoms with E-state index in [4.69, 9.17) is 0 Å². The van der Waals surface area contributed by atoms with E-state index in [1.807, 2.05) is 12.1 Å². The molecule has 27 heavy (non-hydrogen) atoms. The van der Waals surface area contributed by atoms with E-state index in [-0.39, 0.29) is 24.3 Å². The van der Waals surface area contributed by atoms with Crippen LogP contribution in [0.5, 0.6) is 0 Å². The summed E-state index contributed by atoms with van der Waals surface area (Å²) >= 11 is 4.66. The zero-order valence-electron chi connectivity index (χ0n) is 14.8. The minimum absolute atomic E-state index is 0.0176. The number of nitrogens with one attached hydrogen (secondary N) is 2. The summed E-state index contributed by atoms with van der Waals surface area (Å²) in [6.07, 6.45) is 2.10. The van der Waals surface area contributed by atoms with Crippen LogP contribution in [0.15, 0.2) is 40.2 Å². The normalized spacial score (nSPS) is 13.1. The SMILES string of the molecule is CN(CC(=O)NCc1ccc(C(=O)NC2CC2)cc1)C(=O)c1ccc(Br)s1. The van der Waals surface area contributed by atoms with Crippen LogP contribution in [0.3, 0.4) is 0 Å². The fourth-order valence-corrected chi connectivity index (χ4v) is 3.81. The van der Waals surface area contributed by atoms with Crippen molar-refractivity contribution in [3.8, 4) is 0 Å². The minimum atomic E-state index is -0.239. The number of benzene rings is 1. The number of thiophene rings is 1. The first-order valence-electron chi connectivity index (χ1n) is 8.59. The topological polar surface area (TPSA) is 78.5 Å². The standard InChI is InChI=1S/C19H20BrN3O3S/c1-23(19(26)15-8-9-16(20)27-15)11-17(24)21-10-12-2-4-13(5-3-12)18(25)22-14-6-7-14/h2-5,8-9,14H,6-7,10-11H2,1H3,(H,21,24)(H,22,25). The number of amides is 3. The lowest BCUT2D eigenvalue weighted by molar-refractivity contribution is -0.121. The molecular formula is C19H20BrN3O3S. The summed E-state index contributed by atoms with van der Waals surface area (Å²) in [5.74, 6) is -0.489. The van der Waals surface area contributed by atoms with Gasteiger partial charge in [0.2, 0.25) is 5.91 Å². The Bertz CT molecular complexity index is 846. The van der Waals surface area contributed by atoms with E-state index in [2.05, 4.69) is 26.6 Å². The molecule has 0 bridgehead atoms.